The quantitative estimate of drug-likeness (QED) is 0.539. The lowest BCUT2D eigenvalue weighted by molar-refractivity contribution is 1.02. The summed E-state index contributed by atoms with van der Waals surface area (Å²) in [6.07, 6.45) is 0. The molecule has 0 saturated carbocycles. The molecule has 2 nitrogen and oxygen atoms in total. The maximum absolute atomic E-state index is 3.89. The van der Waals surface area contributed by atoms with Crippen molar-refractivity contribution in [3.63, 3.8) is 0 Å². The van der Waals surface area contributed by atoms with E-state index >= 15 is 0 Å². The van der Waals surface area contributed by atoms with E-state index in [9.17, 15) is 0 Å². The number of nitrogens with one attached hydrogen (secondary N) is 1. The SMILES string of the molecule is Cc1cc(C)[nH]n1.[CH3]. The first-order valence-electron chi connectivity index (χ1n) is 2.27. The summed E-state index contributed by atoms with van der Waals surface area (Å²) in [4.78, 5) is 0. The molecule has 0 amide bonds. The van der Waals surface area contributed by atoms with Crippen LogP contribution < -0.4 is 0 Å². The number of H-pyrrole nitrogens is 1. The standard InChI is InChI=1S/C5H8N2.CH3/c1-4-3-5(2)7-6-4;/h3H,1-2H3,(H,6,7);1H3. The molecule has 0 aliphatic heterocycles. The van der Waals surface area contributed by atoms with Crippen LogP contribution in [0, 0.1) is 21.3 Å². The lowest BCUT2D eigenvalue weighted by Gasteiger charge is -1.68. The summed E-state index contributed by atoms with van der Waals surface area (Å²) in [7, 11) is 0. The smallest absolute Gasteiger partial charge is 0.0593 e. The molecule has 0 saturated heterocycles. The van der Waals surface area contributed by atoms with Crippen molar-refractivity contribution in [3.05, 3.63) is 24.9 Å². The lowest BCUT2D eigenvalue weighted by atomic mass is 10.4. The van der Waals surface area contributed by atoms with Crippen LogP contribution in [0.4, 0.5) is 0 Å². The molecule has 0 fully saturated rings. The fraction of sp³-hybridized carbons (Fsp3) is 0.333. The van der Waals surface area contributed by atoms with Crippen LogP contribution in [0.25, 0.3) is 0 Å². The Morgan fingerprint density at radius 2 is 2.12 bits per heavy atom. The maximum Gasteiger partial charge on any atom is 0.0593 e. The van der Waals surface area contributed by atoms with Crippen molar-refractivity contribution < 1.29 is 0 Å². The van der Waals surface area contributed by atoms with E-state index in [1.165, 1.54) is 0 Å². The zero-order valence-electron chi connectivity index (χ0n) is 5.52. The first kappa shape index (κ1) is 7.21. The number of aryl methyl sites for hydroxylation is 2. The summed E-state index contributed by atoms with van der Waals surface area (Å²) < 4.78 is 0. The molecule has 8 heavy (non-hydrogen) atoms. The minimum atomic E-state index is 0. The van der Waals surface area contributed by atoms with Crippen LogP contribution in [-0.4, -0.2) is 10.2 Å². The van der Waals surface area contributed by atoms with Gasteiger partial charge in [-0.15, -0.1) is 0 Å². The number of aromatic nitrogens is 2. The third-order valence-corrected chi connectivity index (χ3v) is 0.834. The topological polar surface area (TPSA) is 28.7 Å². The number of nitrogens with zero attached hydrogens (tertiary/aromatic N) is 1. The van der Waals surface area contributed by atoms with Crippen molar-refractivity contribution in [2.45, 2.75) is 13.8 Å². The van der Waals surface area contributed by atoms with Crippen molar-refractivity contribution in [2.75, 3.05) is 0 Å². The molecule has 0 atom stereocenters. The molecule has 1 aromatic rings. The molecule has 0 spiro atoms. The van der Waals surface area contributed by atoms with Gasteiger partial charge in [-0.2, -0.15) is 5.10 Å². The van der Waals surface area contributed by atoms with Gasteiger partial charge in [-0.1, -0.05) is 7.43 Å². The molecule has 45 valence electrons. The highest BCUT2D eigenvalue weighted by atomic mass is 15.1. The molecule has 0 aliphatic rings. The van der Waals surface area contributed by atoms with E-state index in [4.69, 9.17) is 0 Å². The molecule has 0 aromatic carbocycles. The highest BCUT2D eigenvalue weighted by molar-refractivity contribution is 5.03. The number of aromatic amines is 1. The Morgan fingerprint density at radius 3 is 2.25 bits per heavy atom. The molecule has 1 rings (SSSR count). The fourth-order valence-electron chi connectivity index (χ4n) is 0.554. The van der Waals surface area contributed by atoms with E-state index in [2.05, 4.69) is 10.2 Å². The number of hydrogen-bond acceptors (Lipinski definition) is 1. The highest BCUT2D eigenvalue weighted by Crippen LogP contribution is 1.92. The third-order valence-electron chi connectivity index (χ3n) is 0.834. The van der Waals surface area contributed by atoms with Crippen LogP contribution in [0.1, 0.15) is 11.4 Å². The van der Waals surface area contributed by atoms with Gasteiger partial charge in [-0.25, -0.2) is 0 Å². The molecule has 1 heterocycles. The van der Waals surface area contributed by atoms with E-state index < -0.39 is 0 Å². The van der Waals surface area contributed by atoms with E-state index in [1.54, 1.807) is 0 Å². The monoisotopic (exact) mass is 111 g/mol. The van der Waals surface area contributed by atoms with E-state index in [1.807, 2.05) is 19.9 Å². The molecule has 2 heteroatoms. The van der Waals surface area contributed by atoms with Crippen molar-refractivity contribution in [1.29, 1.82) is 0 Å². The first-order valence-corrected chi connectivity index (χ1v) is 2.27. The van der Waals surface area contributed by atoms with E-state index in [-0.39, 0.29) is 7.43 Å². The van der Waals surface area contributed by atoms with Gasteiger partial charge >= 0.3 is 0 Å². The van der Waals surface area contributed by atoms with Gasteiger partial charge < -0.3 is 0 Å². The van der Waals surface area contributed by atoms with Crippen LogP contribution in [0.3, 0.4) is 0 Å². The minimum Gasteiger partial charge on any atom is -0.283 e. The lowest BCUT2D eigenvalue weighted by Crippen LogP contribution is -1.68. The van der Waals surface area contributed by atoms with Crippen LogP contribution in [0.2, 0.25) is 0 Å². The van der Waals surface area contributed by atoms with Gasteiger partial charge in [-0.05, 0) is 19.9 Å². The van der Waals surface area contributed by atoms with Gasteiger partial charge in [0.15, 0.2) is 0 Å². The summed E-state index contributed by atoms with van der Waals surface area (Å²) in [6.45, 7) is 3.95. The van der Waals surface area contributed by atoms with Gasteiger partial charge in [0.1, 0.15) is 0 Å². The minimum absolute atomic E-state index is 0. The van der Waals surface area contributed by atoms with Crippen molar-refractivity contribution in [3.8, 4) is 0 Å². The second-order valence-corrected chi connectivity index (χ2v) is 1.69. The van der Waals surface area contributed by atoms with E-state index in [0.29, 0.717) is 0 Å². The highest BCUT2D eigenvalue weighted by Gasteiger charge is 1.84. The fourth-order valence-corrected chi connectivity index (χ4v) is 0.554. The van der Waals surface area contributed by atoms with Gasteiger partial charge in [0.05, 0.1) is 5.69 Å². The molecular weight excluding hydrogens is 100 g/mol. The largest absolute Gasteiger partial charge is 0.283 e. The summed E-state index contributed by atoms with van der Waals surface area (Å²) in [5.74, 6) is 0. The molecular formula is C6H11N2. The van der Waals surface area contributed by atoms with Gasteiger partial charge in [-0.3, -0.25) is 5.10 Å². The van der Waals surface area contributed by atoms with Crippen LogP contribution >= 0.6 is 0 Å². The zero-order valence-corrected chi connectivity index (χ0v) is 5.52. The molecule has 1 N–H and O–H groups in total. The summed E-state index contributed by atoms with van der Waals surface area (Å²) >= 11 is 0. The molecule has 1 radical (unpaired) electrons. The third kappa shape index (κ3) is 1.37. The van der Waals surface area contributed by atoms with Gasteiger partial charge in [0.2, 0.25) is 0 Å². The molecule has 0 bridgehead atoms. The van der Waals surface area contributed by atoms with Crippen LogP contribution in [-0.2, 0) is 0 Å². The maximum atomic E-state index is 3.89. The average molecular weight is 111 g/mol. The Balaban J connectivity index is 0.000000490. The Hall–Kier alpha value is -0.790. The van der Waals surface area contributed by atoms with E-state index in [0.717, 1.165) is 11.4 Å². The second-order valence-electron chi connectivity index (χ2n) is 1.69. The van der Waals surface area contributed by atoms with Crippen LogP contribution in [0.15, 0.2) is 6.07 Å². The van der Waals surface area contributed by atoms with Crippen molar-refractivity contribution in [2.24, 2.45) is 0 Å². The Morgan fingerprint density at radius 1 is 1.50 bits per heavy atom. The summed E-state index contributed by atoms with van der Waals surface area (Å²) in [5, 5.41) is 6.71. The molecule has 1 aromatic heterocycles. The van der Waals surface area contributed by atoms with Crippen LogP contribution in [0.5, 0.6) is 0 Å². The predicted octanol–water partition coefficient (Wildman–Crippen LogP) is 1.48. The van der Waals surface area contributed by atoms with Gasteiger partial charge in [0.25, 0.3) is 0 Å². The number of rotatable bonds is 0. The second kappa shape index (κ2) is 2.50. The molecule has 0 aliphatic carbocycles. The average Bonchev–Trinajstić information content (AvgIpc) is 1.87. The normalized spacial score (nSPS) is 8.25. The molecule has 0 unspecified atom stereocenters. The zero-order chi connectivity index (χ0) is 5.28. The van der Waals surface area contributed by atoms with Gasteiger partial charge in [0, 0.05) is 5.69 Å². The Bertz CT molecular complexity index is 139. The predicted molar refractivity (Wildman–Crippen MR) is 34.5 cm³/mol. The summed E-state index contributed by atoms with van der Waals surface area (Å²) in [6, 6.07) is 2.00. The Kier molecular flexibility index (Phi) is 2.25. The number of hydrogen-bond donors (Lipinski definition) is 1. The first-order chi connectivity index (χ1) is 3.29. The summed E-state index contributed by atoms with van der Waals surface area (Å²) in [5.41, 5.74) is 2.18. The van der Waals surface area contributed by atoms with Crippen molar-refractivity contribution >= 4 is 0 Å². The Labute approximate surface area is 49.9 Å². The van der Waals surface area contributed by atoms with Crippen molar-refractivity contribution in [1.82, 2.24) is 10.2 Å².